The SMILES string of the molecule is CC(=O)OCC1OC(OCCCCCCNC(=O)CCC(CCC(=O)NCCCCCCOC2OCC(OC(C)=O)C(C)C2C)(CCC(=O)NCCCCCCOC2OC(COC(C)=O)C(OC(C)=O)C(C)C2C)[N+](=O)[O-])C(C)C(C)C1OC(C)=O. The Morgan fingerprint density at radius 2 is 0.791 bits per heavy atom. The summed E-state index contributed by atoms with van der Waals surface area (Å²) in [6, 6.07) is 0. The molecule has 25 heteroatoms. The first-order valence-corrected chi connectivity index (χ1v) is 31.4. The van der Waals surface area contributed by atoms with E-state index in [4.69, 9.17) is 52.1 Å². The van der Waals surface area contributed by atoms with E-state index >= 15 is 0 Å². The molecule has 0 saturated carbocycles. The van der Waals surface area contributed by atoms with Crippen LogP contribution in [0.2, 0.25) is 0 Å². The van der Waals surface area contributed by atoms with E-state index in [1.54, 1.807) is 0 Å². The minimum absolute atomic E-state index is 0.0395. The second-order valence-electron chi connectivity index (χ2n) is 23.7. The number of nitrogens with zero attached hydrogens (tertiary/aromatic N) is 1. The van der Waals surface area contributed by atoms with Crippen LogP contribution < -0.4 is 16.0 Å². The molecule has 3 fully saturated rings. The minimum Gasteiger partial charge on any atom is -0.463 e. The van der Waals surface area contributed by atoms with Crippen LogP contribution in [0.25, 0.3) is 0 Å². The first-order valence-electron chi connectivity index (χ1n) is 31.4. The highest BCUT2D eigenvalue weighted by atomic mass is 16.7. The van der Waals surface area contributed by atoms with Crippen LogP contribution in [0.3, 0.4) is 0 Å². The summed E-state index contributed by atoms with van der Waals surface area (Å²) in [7, 11) is 0. The van der Waals surface area contributed by atoms with Crippen LogP contribution in [0.1, 0.15) is 192 Å². The van der Waals surface area contributed by atoms with Gasteiger partial charge in [0.2, 0.25) is 23.3 Å². The number of rotatable bonds is 41. The average Bonchev–Trinajstić information content (AvgIpc) is 2.72. The molecule has 3 heterocycles. The van der Waals surface area contributed by atoms with E-state index in [-0.39, 0.29) is 124 Å². The lowest BCUT2D eigenvalue weighted by Crippen LogP contribution is -2.53. The van der Waals surface area contributed by atoms with Crippen LogP contribution in [-0.2, 0) is 90.5 Å². The molecule has 3 aliphatic rings. The highest BCUT2D eigenvalue weighted by Crippen LogP contribution is 2.36. The molecule has 14 atom stereocenters. The van der Waals surface area contributed by atoms with E-state index in [0.29, 0.717) is 71.6 Å². The Morgan fingerprint density at radius 1 is 0.453 bits per heavy atom. The van der Waals surface area contributed by atoms with Crippen molar-refractivity contribution in [1.82, 2.24) is 16.0 Å². The smallest absolute Gasteiger partial charge is 0.303 e. The lowest BCUT2D eigenvalue weighted by molar-refractivity contribution is -0.573. The quantitative estimate of drug-likeness (QED) is 0.0183. The van der Waals surface area contributed by atoms with Gasteiger partial charge in [-0.2, -0.15) is 0 Å². The Kier molecular flexibility index (Phi) is 35.4. The van der Waals surface area contributed by atoms with Crippen LogP contribution in [0, 0.1) is 45.6 Å². The van der Waals surface area contributed by atoms with E-state index < -0.39 is 77.6 Å². The van der Waals surface area contributed by atoms with Gasteiger partial charge in [0.1, 0.15) is 43.7 Å². The number of hydrogen-bond donors (Lipinski definition) is 3. The number of ether oxygens (including phenoxy) is 11. The number of hydrogen-bond acceptors (Lipinski definition) is 21. The van der Waals surface area contributed by atoms with E-state index in [1.807, 2.05) is 41.5 Å². The van der Waals surface area contributed by atoms with Gasteiger partial charge in [0.05, 0.1) is 6.61 Å². The lowest BCUT2D eigenvalue weighted by Gasteiger charge is -2.43. The summed E-state index contributed by atoms with van der Waals surface area (Å²) in [6.07, 6.45) is 3.50. The maximum atomic E-state index is 13.2. The third-order valence-corrected chi connectivity index (χ3v) is 16.9. The zero-order chi connectivity index (χ0) is 63.8. The summed E-state index contributed by atoms with van der Waals surface area (Å²) in [6.45, 7) is 20.9. The lowest BCUT2D eigenvalue weighted by atomic mass is 9.84. The fraction of sp³-hybridized carbons (Fsp3) is 0.869. The van der Waals surface area contributed by atoms with Crippen LogP contribution in [-0.4, -0.2) is 167 Å². The molecule has 0 radical (unpaired) electrons. The van der Waals surface area contributed by atoms with E-state index in [2.05, 4.69) is 16.0 Å². The van der Waals surface area contributed by atoms with Gasteiger partial charge in [0.25, 0.3) is 0 Å². The van der Waals surface area contributed by atoms with Crippen molar-refractivity contribution in [2.75, 3.05) is 59.3 Å². The zero-order valence-corrected chi connectivity index (χ0v) is 53.2. The summed E-state index contributed by atoms with van der Waals surface area (Å²) in [5, 5.41) is 21.6. The first kappa shape index (κ1) is 75.2. The average molecular weight is 1230 g/mol. The third-order valence-electron chi connectivity index (χ3n) is 16.9. The molecule has 3 saturated heterocycles. The van der Waals surface area contributed by atoms with Gasteiger partial charge in [-0.1, -0.05) is 80.1 Å². The van der Waals surface area contributed by atoms with Gasteiger partial charge >= 0.3 is 29.8 Å². The summed E-state index contributed by atoms with van der Waals surface area (Å²) in [5.41, 5.74) is -1.72. The van der Waals surface area contributed by atoms with E-state index in [1.165, 1.54) is 34.6 Å². The fourth-order valence-corrected chi connectivity index (χ4v) is 10.9. The minimum atomic E-state index is -1.72. The molecule has 0 aromatic rings. The molecule has 25 nitrogen and oxygen atoms in total. The largest absolute Gasteiger partial charge is 0.463 e. The molecule has 0 aromatic carbocycles. The van der Waals surface area contributed by atoms with Crippen molar-refractivity contribution >= 4 is 47.6 Å². The van der Waals surface area contributed by atoms with E-state index in [9.17, 15) is 48.5 Å². The van der Waals surface area contributed by atoms with Crippen molar-refractivity contribution in [3.8, 4) is 0 Å². The molecule has 0 bridgehead atoms. The Morgan fingerprint density at radius 3 is 1.13 bits per heavy atom. The van der Waals surface area contributed by atoms with Gasteiger partial charge in [-0.3, -0.25) is 48.5 Å². The molecule has 14 unspecified atom stereocenters. The molecular formula is C61H104N4O21. The molecule has 3 rings (SSSR count). The number of nitrogens with one attached hydrogen (secondary N) is 3. The Bertz CT molecular complexity index is 2000. The fourth-order valence-electron chi connectivity index (χ4n) is 10.9. The zero-order valence-electron chi connectivity index (χ0n) is 53.2. The predicted molar refractivity (Wildman–Crippen MR) is 312 cm³/mol. The van der Waals surface area contributed by atoms with Crippen LogP contribution >= 0.6 is 0 Å². The maximum Gasteiger partial charge on any atom is 0.303 e. The molecule has 86 heavy (non-hydrogen) atoms. The number of unbranched alkanes of at least 4 members (excludes halogenated alkanes) is 9. The van der Waals surface area contributed by atoms with Gasteiger partial charge in [-0.15, -0.1) is 0 Å². The third kappa shape index (κ3) is 28.0. The van der Waals surface area contributed by atoms with Gasteiger partial charge in [-0.05, 0) is 38.5 Å². The van der Waals surface area contributed by atoms with E-state index in [0.717, 1.165) is 44.9 Å². The summed E-state index contributed by atoms with van der Waals surface area (Å²) < 4.78 is 63.0. The van der Waals surface area contributed by atoms with Crippen molar-refractivity contribution in [3.63, 3.8) is 0 Å². The second kappa shape index (κ2) is 40.5. The maximum absolute atomic E-state index is 13.2. The van der Waals surface area contributed by atoms with Crippen molar-refractivity contribution in [2.45, 2.75) is 247 Å². The Balaban J connectivity index is 1.45. The number of esters is 5. The molecule has 3 aliphatic heterocycles. The molecular weight excluding hydrogens is 1120 g/mol. The van der Waals surface area contributed by atoms with Crippen molar-refractivity contribution in [1.29, 1.82) is 0 Å². The van der Waals surface area contributed by atoms with Gasteiger partial charge in [-0.25, -0.2) is 0 Å². The highest BCUT2D eigenvalue weighted by Gasteiger charge is 2.47. The molecule has 0 aromatic heterocycles. The van der Waals surface area contributed by atoms with Gasteiger partial charge < -0.3 is 68.1 Å². The second-order valence-corrected chi connectivity index (χ2v) is 23.7. The Labute approximate surface area is 508 Å². The van der Waals surface area contributed by atoms with Crippen LogP contribution in [0.4, 0.5) is 0 Å². The number of nitro groups is 1. The highest BCUT2D eigenvalue weighted by molar-refractivity contribution is 5.77. The molecule has 3 N–H and O–H groups in total. The Hall–Kier alpha value is -5.08. The molecule has 0 aliphatic carbocycles. The summed E-state index contributed by atoms with van der Waals surface area (Å²) in [4.78, 5) is 110. The van der Waals surface area contributed by atoms with Gasteiger partial charge in [0.15, 0.2) is 18.9 Å². The summed E-state index contributed by atoms with van der Waals surface area (Å²) in [5.74, 6) is -3.66. The summed E-state index contributed by atoms with van der Waals surface area (Å²) >= 11 is 0. The van der Waals surface area contributed by atoms with Crippen LogP contribution in [0.15, 0.2) is 0 Å². The number of amides is 3. The number of carbonyl (C=O) groups is 8. The normalized spacial score (nSPS) is 27.1. The first-order chi connectivity index (χ1) is 40.8. The molecule has 3 amide bonds. The standard InChI is InChI=1S/C61H104N4O21/c1-39-42(4)58(81-36-50(39)82-47(9)68)76-33-21-15-12-18-30-62-53(71)24-27-61(65(74)75,28-25-54(72)63-31-19-13-16-22-34-77-59-43(5)40(2)56(83-48(10)69)51(85-59)37-79-45(7)66)29-26-55(73)64-32-20-14-17-23-35-78-60-44(6)41(3)57(84-49(11)70)52(86-60)38-80-46(8)67/h39-44,50-52,56-60H,12-38H2,1-11H3,(H,62,71)(H,63,72)(H,64,73). The number of carbonyl (C=O) groups excluding carboxylic acids is 8. The van der Waals surface area contributed by atoms with Crippen molar-refractivity contribution in [2.24, 2.45) is 35.5 Å². The van der Waals surface area contributed by atoms with Crippen LogP contribution in [0.5, 0.6) is 0 Å². The van der Waals surface area contributed by atoms with Crippen molar-refractivity contribution in [3.05, 3.63) is 10.1 Å². The molecule has 494 valence electrons. The van der Waals surface area contributed by atoms with Gasteiger partial charge in [0, 0.05) is 153 Å². The predicted octanol–water partition coefficient (Wildman–Crippen LogP) is 6.97. The molecule has 0 spiro atoms. The monoisotopic (exact) mass is 1230 g/mol. The topological polar surface area (TPSA) is 317 Å². The van der Waals surface area contributed by atoms with Crippen molar-refractivity contribution < 1.29 is 95.4 Å².